The van der Waals surface area contributed by atoms with E-state index in [0.717, 1.165) is 23.8 Å². The number of sulfonamides is 1. The number of nitrogens with zero attached hydrogens (tertiary/aromatic N) is 4. The molecule has 0 bridgehead atoms. The van der Waals surface area contributed by atoms with Crippen LogP contribution in [0, 0.1) is 6.92 Å². The number of anilines is 2. The number of ether oxygens (including phenoxy) is 1. The molecule has 0 unspecified atom stereocenters. The number of likely N-dealkylation sites (tertiary alicyclic amines) is 1. The van der Waals surface area contributed by atoms with Crippen LogP contribution in [0.25, 0.3) is 22.0 Å². The molecular formula is C27H27BrN6O5S. The molecule has 2 aromatic heterocycles. The van der Waals surface area contributed by atoms with Crippen molar-refractivity contribution < 1.29 is 23.1 Å². The minimum absolute atomic E-state index is 0.0979. The third-order valence-corrected chi connectivity index (χ3v) is 9.17. The molecule has 0 aliphatic carbocycles. The fourth-order valence-electron chi connectivity index (χ4n) is 4.65. The second-order valence-electron chi connectivity index (χ2n) is 9.37. The first-order chi connectivity index (χ1) is 19.2. The van der Waals surface area contributed by atoms with E-state index < -0.39 is 16.1 Å². The molecule has 40 heavy (non-hydrogen) atoms. The van der Waals surface area contributed by atoms with Gasteiger partial charge in [0.1, 0.15) is 10.4 Å². The van der Waals surface area contributed by atoms with E-state index in [0.29, 0.717) is 53.0 Å². The topological polar surface area (TPSA) is 147 Å². The molecule has 208 valence electrons. The van der Waals surface area contributed by atoms with Crippen LogP contribution in [-0.2, 0) is 10.0 Å². The van der Waals surface area contributed by atoms with Gasteiger partial charge in [0.2, 0.25) is 21.9 Å². The second kappa shape index (κ2) is 11.6. The van der Waals surface area contributed by atoms with Gasteiger partial charge in [-0.25, -0.2) is 28.2 Å². The molecule has 0 radical (unpaired) electrons. The SMILES string of the molecule is Cc1ccc2c(NS(=O)(=O)CBr)cccc2c1Oc1ncccc1-c1ccnc(N[C@H]2CCCN(C(=O)O)C2)n1. The van der Waals surface area contributed by atoms with Gasteiger partial charge >= 0.3 is 6.09 Å². The maximum Gasteiger partial charge on any atom is 0.407 e. The standard InChI is InChI=1S/C27H27BrN6O5S/c1-17-9-10-19-20(6-2-8-23(19)33-40(37,38)16-28)24(17)39-25-21(7-3-12-29-25)22-11-13-30-26(32-22)31-18-5-4-14-34(15-18)27(35)36/h2-3,6-13,18,33H,4-5,14-16H2,1H3,(H,35,36)(H,30,31,32)/t18-/m0/s1. The van der Waals surface area contributed by atoms with E-state index in [9.17, 15) is 18.3 Å². The van der Waals surface area contributed by atoms with Crippen LogP contribution in [0.5, 0.6) is 11.6 Å². The Bertz CT molecular complexity index is 1670. The van der Waals surface area contributed by atoms with Crippen molar-refractivity contribution in [2.75, 3.05) is 27.8 Å². The Labute approximate surface area is 239 Å². The minimum Gasteiger partial charge on any atom is -0.465 e. The molecule has 3 heterocycles. The van der Waals surface area contributed by atoms with E-state index in [2.05, 4.69) is 40.9 Å². The monoisotopic (exact) mass is 626 g/mol. The van der Waals surface area contributed by atoms with Gasteiger partial charge in [0.25, 0.3) is 0 Å². The average molecular weight is 628 g/mol. The largest absolute Gasteiger partial charge is 0.465 e. The minimum atomic E-state index is -3.55. The fourth-order valence-corrected chi connectivity index (χ4v) is 5.56. The van der Waals surface area contributed by atoms with Crippen LogP contribution in [0.15, 0.2) is 60.9 Å². The van der Waals surface area contributed by atoms with Gasteiger partial charge in [-0.3, -0.25) is 4.72 Å². The first kappa shape index (κ1) is 27.6. The number of carboxylic acid groups (broad SMARTS) is 1. The summed E-state index contributed by atoms with van der Waals surface area (Å²) in [7, 11) is -3.55. The number of fused-ring (bicyclic) bond motifs is 1. The van der Waals surface area contributed by atoms with Crippen LogP contribution >= 0.6 is 15.9 Å². The van der Waals surface area contributed by atoms with Crippen molar-refractivity contribution in [1.29, 1.82) is 0 Å². The number of hydrogen-bond acceptors (Lipinski definition) is 8. The summed E-state index contributed by atoms with van der Waals surface area (Å²) in [5, 5.41) is 14.0. The molecular weight excluding hydrogens is 600 g/mol. The predicted molar refractivity (Wildman–Crippen MR) is 157 cm³/mol. The highest BCUT2D eigenvalue weighted by atomic mass is 79.9. The van der Waals surface area contributed by atoms with E-state index in [1.54, 1.807) is 36.7 Å². The summed E-state index contributed by atoms with van der Waals surface area (Å²) in [5.41, 5.74) is 2.50. The van der Waals surface area contributed by atoms with Crippen molar-refractivity contribution in [3.05, 3.63) is 66.5 Å². The highest BCUT2D eigenvalue weighted by Crippen LogP contribution is 2.38. The molecule has 11 nitrogen and oxygen atoms in total. The van der Waals surface area contributed by atoms with Crippen molar-refractivity contribution >= 4 is 54.5 Å². The lowest BCUT2D eigenvalue weighted by Crippen LogP contribution is -2.44. The van der Waals surface area contributed by atoms with Gasteiger partial charge in [0, 0.05) is 42.3 Å². The number of aromatic nitrogens is 3. The van der Waals surface area contributed by atoms with E-state index >= 15 is 0 Å². The van der Waals surface area contributed by atoms with Crippen LogP contribution in [0.1, 0.15) is 18.4 Å². The van der Waals surface area contributed by atoms with Crippen molar-refractivity contribution in [3.8, 4) is 22.9 Å². The summed E-state index contributed by atoms with van der Waals surface area (Å²) in [6.07, 6.45) is 3.89. The van der Waals surface area contributed by atoms with Crippen LogP contribution in [0.3, 0.4) is 0 Å². The lowest BCUT2D eigenvalue weighted by molar-refractivity contribution is 0.132. The Morgan fingerprint density at radius 3 is 2.77 bits per heavy atom. The second-order valence-corrected chi connectivity index (χ2v) is 12.4. The Hall–Kier alpha value is -3.97. The number of aryl methyl sites for hydroxylation is 1. The highest BCUT2D eigenvalue weighted by molar-refractivity contribution is 9.10. The number of piperidine rings is 1. The summed E-state index contributed by atoms with van der Waals surface area (Å²) in [6.45, 7) is 2.78. The van der Waals surface area contributed by atoms with E-state index in [4.69, 9.17) is 4.74 Å². The number of amides is 1. The summed E-state index contributed by atoms with van der Waals surface area (Å²) in [6, 6.07) is 14.3. The molecule has 0 saturated carbocycles. The van der Waals surface area contributed by atoms with Gasteiger partial charge in [0.15, 0.2) is 0 Å². The predicted octanol–water partition coefficient (Wildman–Crippen LogP) is 5.44. The number of rotatable bonds is 8. The van der Waals surface area contributed by atoms with Crippen LogP contribution in [0.4, 0.5) is 16.4 Å². The van der Waals surface area contributed by atoms with Gasteiger partial charge in [-0.05, 0) is 49.6 Å². The van der Waals surface area contributed by atoms with Crippen molar-refractivity contribution in [2.24, 2.45) is 0 Å². The van der Waals surface area contributed by atoms with E-state index in [1.165, 1.54) is 4.90 Å². The smallest absolute Gasteiger partial charge is 0.407 e. The molecule has 1 aliphatic rings. The van der Waals surface area contributed by atoms with Crippen molar-refractivity contribution in [2.45, 2.75) is 25.8 Å². The van der Waals surface area contributed by atoms with Crippen molar-refractivity contribution in [3.63, 3.8) is 0 Å². The molecule has 1 atom stereocenters. The number of halogens is 1. The average Bonchev–Trinajstić information content (AvgIpc) is 2.95. The number of carbonyl (C=O) groups is 1. The lowest BCUT2D eigenvalue weighted by atomic mass is 10.0. The Kier molecular flexibility index (Phi) is 8.03. The summed E-state index contributed by atoms with van der Waals surface area (Å²) in [5.74, 6) is 1.25. The van der Waals surface area contributed by atoms with Crippen LogP contribution < -0.4 is 14.8 Å². The van der Waals surface area contributed by atoms with Crippen molar-refractivity contribution in [1.82, 2.24) is 19.9 Å². The number of nitrogens with one attached hydrogen (secondary N) is 2. The molecule has 5 rings (SSSR count). The maximum atomic E-state index is 12.2. The van der Waals surface area contributed by atoms with Crippen LogP contribution in [-0.4, -0.2) is 63.3 Å². The highest BCUT2D eigenvalue weighted by Gasteiger charge is 2.24. The number of benzene rings is 2. The first-order valence-corrected chi connectivity index (χ1v) is 15.3. The third-order valence-electron chi connectivity index (χ3n) is 6.54. The van der Waals surface area contributed by atoms with Crippen LogP contribution in [0.2, 0.25) is 0 Å². The molecule has 2 aromatic carbocycles. The van der Waals surface area contributed by atoms with Gasteiger partial charge in [-0.1, -0.05) is 40.2 Å². The maximum absolute atomic E-state index is 12.2. The van der Waals surface area contributed by atoms with E-state index in [1.807, 2.05) is 31.2 Å². The lowest BCUT2D eigenvalue weighted by Gasteiger charge is -2.31. The number of alkyl halides is 1. The molecule has 3 N–H and O–H groups in total. The third kappa shape index (κ3) is 6.10. The quantitative estimate of drug-likeness (QED) is 0.217. The summed E-state index contributed by atoms with van der Waals surface area (Å²) in [4.78, 5) is 26.3. The zero-order valence-electron chi connectivity index (χ0n) is 21.5. The zero-order valence-corrected chi connectivity index (χ0v) is 23.9. The van der Waals surface area contributed by atoms with Gasteiger partial charge in [-0.2, -0.15) is 0 Å². The molecule has 1 saturated heterocycles. The molecule has 4 aromatic rings. The Balaban J connectivity index is 1.46. The van der Waals surface area contributed by atoms with Gasteiger partial charge < -0.3 is 20.1 Å². The first-order valence-electron chi connectivity index (χ1n) is 12.5. The molecule has 1 fully saturated rings. The molecule has 1 amide bonds. The van der Waals surface area contributed by atoms with Gasteiger partial charge in [0.05, 0.1) is 16.9 Å². The number of pyridine rings is 1. The Morgan fingerprint density at radius 1 is 1.12 bits per heavy atom. The number of hydrogen-bond donors (Lipinski definition) is 3. The molecule has 0 spiro atoms. The molecule has 13 heteroatoms. The van der Waals surface area contributed by atoms with Gasteiger partial charge in [-0.15, -0.1) is 0 Å². The summed E-state index contributed by atoms with van der Waals surface area (Å²) < 4.78 is 33.2. The Morgan fingerprint density at radius 2 is 1.98 bits per heavy atom. The molecule has 1 aliphatic heterocycles. The zero-order chi connectivity index (χ0) is 28.3. The summed E-state index contributed by atoms with van der Waals surface area (Å²) >= 11 is 3.01. The normalized spacial score (nSPS) is 15.6. The van der Waals surface area contributed by atoms with E-state index in [-0.39, 0.29) is 10.7 Å². The fraction of sp³-hybridized carbons (Fsp3) is 0.259.